The summed E-state index contributed by atoms with van der Waals surface area (Å²) in [5, 5.41) is 4.45. The number of primary amides is 1. The number of nitrogens with one attached hydrogen (secondary N) is 2. The summed E-state index contributed by atoms with van der Waals surface area (Å²) < 4.78 is 0. The smallest absolute Gasteiger partial charge is 0.250 e. The van der Waals surface area contributed by atoms with Crippen LogP contribution in [0.4, 0.5) is 5.69 Å². The maximum Gasteiger partial charge on any atom is 0.250 e. The van der Waals surface area contributed by atoms with Crippen LogP contribution in [0.5, 0.6) is 0 Å². The summed E-state index contributed by atoms with van der Waals surface area (Å²) in [4.78, 5) is 28.4. The van der Waals surface area contributed by atoms with Crippen molar-refractivity contribution in [3.8, 4) is 11.1 Å². The second-order valence-electron chi connectivity index (χ2n) is 9.92. The van der Waals surface area contributed by atoms with Crippen LogP contribution < -0.4 is 11.1 Å². The Balaban J connectivity index is 0.00000214. The number of nitrogens with two attached hydrogens (primary N) is 1. The van der Waals surface area contributed by atoms with Gasteiger partial charge in [-0.2, -0.15) is 0 Å². The van der Waals surface area contributed by atoms with Crippen molar-refractivity contribution in [1.82, 2.24) is 4.98 Å². The molecule has 3 aromatic rings. The van der Waals surface area contributed by atoms with Gasteiger partial charge in [0, 0.05) is 22.5 Å². The van der Waals surface area contributed by atoms with E-state index in [0.29, 0.717) is 11.5 Å². The van der Waals surface area contributed by atoms with Gasteiger partial charge in [-0.05, 0) is 93.3 Å². The number of amides is 1. The Morgan fingerprint density at radius 2 is 1.70 bits per heavy atom. The van der Waals surface area contributed by atoms with Gasteiger partial charge in [-0.15, -0.1) is 13.2 Å². The predicted molar refractivity (Wildman–Crippen MR) is 194 cm³/mol. The lowest BCUT2D eigenvalue weighted by Gasteiger charge is -2.17. The molecule has 1 unspecified atom stereocenters. The highest BCUT2D eigenvalue weighted by Gasteiger charge is 2.19. The van der Waals surface area contributed by atoms with Crippen molar-refractivity contribution in [1.29, 1.82) is 0 Å². The molecule has 0 fully saturated rings. The van der Waals surface area contributed by atoms with E-state index in [2.05, 4.69) is 67.1 Å². The number of hydrogen-bond donors (Lipinski definition) is 3. The Kier molecular flexibility index (Phi) is 18.4. The zero-order chi connectivity index (χ0) is 34.0. The lowest BCUT2D eigenvalue weighted by Crippen LogP contribution is -2.11. The number of fused-ring (bicyclic) bond motifs is 1. The number of aliphatic imine (C=N–C) groups is 1. The number of rotatable bonds is 7. The molecule has 1 amide bonds. The highest BCUT2D eigenvalue weighted by Crippen LogP contribution is 2.38. The fourth-order valence-electron chi connectivity index (χ4n) is 4.88. The minimum Gasteiger partial charge on any atom is -0.366 e. The molecule has 0 radical (unpaired) electrons. The van der Waals surface area contributed by atoms with Crippen LogP contribution in [0.15, 0.2) is 84.7 Å². The van der Waals surface area contributed by atoms with Crippen LogP contribution in [-0.2, 0) is 4.79 Å². The van der Waals surface area contributed by atoms with Crippen molar-refractivity contribution < 1.29 is 9.59 Å². The molecule has 6 heteroatoms. The standard InChI is InChI=1S/C31H36N4O.2C2H6.C2H4.CH2O/c1-7-27(33-18(2)3)21(6)34-28-10-8-9-23(20(28)5)24-15-16-25(31(32)36)30-26(24)17-29(35-30)22-13-11-19(4)12-14-22;4*1-2/h7-10,13,15-17,19,34-35H,6,11-12,14H2,1-5H3,(H2,32,36);2*1-2H3;1-2H2;1H2/b27-7-;;;;. The van der Waals surface area contributed by atoms with Gasteiger partial charge in [0.05, 0.1) is 22.5 Å². The summed E-state index contributed by atoms with van der Waals surface area (Å²) in [6.45, 7) is 30.5. The molecule has 1 atom stereocenters. The summed E-state index contributed by atoms with van der Waals surface area (Å²) >= 11 is 0. The largest absolute Gasteiger partial charge is 0.366 e. The highest BCUT2D eigenvalue weighted by atomic mass is 16.1. The first-order valence-electron chi connectivity index (χ1n) is 15.4. The SMILES string of the molecule is C=C.C=C(Nc1cccc(-c2ccc(C(N)=O)c3[nH]c(C4=CCC(C)CC4)cc23)c1C)/C(=C/C)N=C(C)C.C=O.CC.CC. The van der Waals surface area contributed by atoms with Gasteiger partial charge in [0.15, 0.2) is 0 Å². The maximum atomic E-state index is 12.3. The van der Waals surface area contributed by atoms with Gasteiger partial charge >= 0.3 is 0 Å². The van der Waals surface area contributed by atoms with Crippen LogP contribution in [0, 0.1) is 12.8 Å². The summed E-state index contributed by atoms with van der Waals surface area (Å²) in [6, 6.07) is 12.2. The molecular weight excluding hydrogens is 544 g/mol. The van der Waals surface area contributed by atoms with Crippen molar-refractivity contribution in [2.75, 3.05) is 5.32 Å². The number of carbonyl (C=O) groups is 2. The monoisotopic (exact) mass is 598 g/mol. The number of aromatic nitrogens is 1. The third kappa shape index (κ3) is 10.1. The topological polar surface area (TPSA) is 100 Å². The van der Waals surface area contributed by atoms with Crippen molar-refractivity contribution >= 4 is 40.6 Å². The lowest BCUT2D eigenvalue weighted by molar-refractivity contribution is -0.0980. The van der Waals surface area contributed by atoms with Crippen molar-refractivity contribution in [3.05, 3.63) is 96.5 Å². The number of hydrogen-bond acceptors (Lipinski definition) is 4. The summed E-state index contributed by atoms with van der Waals surface area (Å²) in [7, 11) is 0. The second kappa shape index (κ2) is 20.5. The normalized spacial score (nSPS) is 13.5. The summed E-state index contributed by atoms with van der Waals surface area (Å²) in [5.74, 6) is 0.276. The molecule has 1 aromatic heterocycles. The Morgan fingerprint density at radius 3 is 2.23 bits per heavy atom. The van der Waals surface area contributed by atoms with E-state index in [1.165, 1.54) is 12.0 Å². The zero-order valence-electron chi connectivity index (χ0n) is 28.5. The Morgan fingerprint density at radius 1 is 1.07 bits per heavy atom. The summed E-state index contributed by atoms with van der Waals surface area (Å²) in [5.41, 5.74) is 16.2. The van der Waals surface area contributed by atoms with Crippen LogP contribution in [-0.4, -0.2) is 23.4 Å². The van der Waals surface area contributed by atoms with Gasteiger partial charge in [0.25, 0.3) is 5.91 Å². The van der Waals surface area contributed by atoms with Gasteiger partial charge in [0.2, 0.25) is 0 Å². The third-order valence-electron chi connectivity index (χ3n) is 6.91. The molecular formula is C38H54N4O2. The Hall–Kier alpha value is -4.45. The van der Waals surface area contributed by atoms with E-state index in [1.54, 1.807) is 0 Å². The van der Waals surface area contributed by atoms with E-state index in [4.69, 9.17) is 10.5 Å². The molecule has 4 N–H and O–H groups in total. The molecule has 0 saturated carbocycles. The molecule has 1 heterocycles. The van der Waals surface area contributed by atoms with Gasteiger partial charge < -0.3 is 20.8 Å². The third-order valence-corrected chi connectivity index (χ3v) is 6.91. The molecule has 238 valence electrons. The number of nitrogens with zero attached hydrogens (tertiary/aromatic N) is 1. The molecule has 44 heavy (non-hydrogen) atoms. The van der Waals surface area contributed by atoms with Gasteiger partial charge in [0.1, 0.15) is 6.79 Å². The first kappa shape index (κ1) is 39.5. The van der Waals surface area contributed by atoms with E-state index < -0.39 is 5.91 Å². The fraction of sp³-hybridized carbons (Fsp3) is 0.342. The van der Waals surface area contributed by atoms with E-state index in [1.807, 2.05) is 85.6 Å². The number of benzene rings is 2. The average molecular weight is 599 g/mol. The van der Waals surface area contributed by atoms with Crippen LogP contribution >= 0.6 is 0 Å². The number of anilines is 1. The van der Waals surface area contributed by atoms with Gasteiger partial charge in [-0.1, -0.05) is 71.5 Å². The van der Waals surface area contributed by atoms with Crippen molar-refractivity contribution in [2.24, 2.45) is 16.6 Å². The predicted octanol–water partition coefficient (Wildman–Crippen LogP) is 10.4. The second-order valence-corrected chi connectivity index (χ2v) is 9.92. The number of carbonyl (C=O) groups excluding carboxylic acids is 2. The molecule has 2 aromatic carbocycles. The fourth-order valence-corrected chi connectivity index (χ4v) is 4.88. The van der Waals surface area contributed by atoms with Crippen LogP contribution in [0.3, 0.4) is 0 Å². The minimum absolute atomic E-state index is 0.430. The van der Waals surface area contributed by atoms with E-state index in [9.17, 15) is 4.79 Å². The van der Waals surface area contributed by atoms with E-state index in [0.717, 1.165) is 68.9 Å². The maximum absolute atomic E-state index is 12.3. The van der Waals surface area contributed by atoms with Crippen LogP contribution in [0.1, 0.15) is 96.3 Å². The first-order valence-corrected chi connectivity index (χ1v) is 15.4. The van der Waals surface area contributed by atoms with Crippen LogP contribution in [0.25, 0.3) is 27.6 Å². The first-order chi connectivity index (χ1) is 21.2. The molecule has 1 aliphatic rings. The molecule has 4 rings (SSSR count). The number of allylic oxidation sites excluding steroid dienone is 3. The molecule has 0 saturated heterocycles. The van der Waals surface area contributed by atoms with Crippen molar-refractivity contribution in [2.45, 2.75) is 81.6 Å². The van der Waals surface area contributed by atoms with Gasteiger partial charge in [-0.3, -0.25) is 9.79 Å². The Labute approximate surface area is 266 Å². The minimum atomic E-state index is -0.430. The number of aromatic amines is 1. The lowest BCUT2D eigenvalue weighted by atomic mass is 9.89. The van der Waals surface area contributed by atoms with Gasteiger partial charge in [-0.25, -0.2) is 0 Å². The van der Waals surface area contributed by atoms with E-state index >= 15 is 0 Å². The Bertz CT molecular complexity index is 1470. The average Bonchev–Trinajstić information content (AvgIpc) is 3.50. The molecule has 0 aliphatic heterocycles. The molecule has 6 nitrogen and oxygen atoms in total. The molecule has 0 bridgehead atoms. The highest BCUT2D eigenvalue weighted by molar-refractivity contribution is 6.10. The zero-order valence-corrected chi connectivity index (χ0v) is 28.5. The summed E-state index contributed by atoms with van der Waals surface area (Å²) in [6.07, 6.45) is 7.55. The molecule has 0 spiro atoms. The van der Waals surface area contributed by atoms with Crippen LogP contribution in [0.2, 0.25) is 0 Å². The van der Waals surface area contributed by atoms with Crippen molar-refractivity contribution in [3.63, 3.8) is 0 Å². The number of H-pyrrole nitrogens is 1. The van der Waals surface area contributed by atoms with E-state index in [-0.39, 0.29) is 0 Å². The quantitative estimate of drug-likeness (QED) is 0.143. The molecule has 1 aliphatic carbocycles.